The molecule has 0 aliphatic heterocycles. The summed E-state index contributed by atoms with van der Waals surface area (Å²) in [6.45, 7) is 5.25. The lowest BCUT2D eigenvalue weighted by Crippen LogP contribution is -2.23. The highest BCUT2D eigenvalue weighted by Gasteiger charge is 2.27. The molecule has 1 rings (SSSR count). The van der Waals surface area contributed by atoms with E-state index in [4.69, 9.17) is 5.11 Å². The fraction of sp³-hybridized carbons (Fsp3) is 0.333. The fourth-order valence-electron chi connectivity index (χ4n) is 1.76. The number of carbonyl (C=O) groups is 2. The molecule has 0 aliphatic carbocycles. The molecule has 0 radical (unpaired) electrons. The number of carboxylic acids is 1. The summed E-state index contributed by atoms with van der Waals surface area (Å²) in [7, 11) is 0. The van der Waals surface area contributed by atoms with E-state index < -0.39 is 11.4 Å². The molecule has 0 amide bonds. The summed E-state index contributed by atoms with van der Waals surface area (Å²) >= 11 is 0. The molecule has 1 aromatic rings. The number of rotatable bonds is 3. The minimum absolute atomic E-state index is 0.201. The van der Waals surface area contributed by atoms with Gasteiger partial charge in [-0.3, -0.25) is 0 Å². The van der Waals surface area contributed by atoms with E-state index in [0.29, 0.717) is 5.56 Å². The van der Waals surface area contributed by atoms with Crippen molar-refractivity contribution in [1.82, 2.24) is 0 Å². The Morgan fingerprint density at radius 1 is 1.40 bits per heavy atom. The largest absolute Gasteiger partial charge is 0.478 e. The molecule has 0 saturated heterocycles. The fourth-order valence-corrected chi connectivity index (χ4v) is 1.76. The zero-order valence-electron chi connectivity index (χ0n) is 9.07. The van der Waals surface area contributed by atoms with Crippen LogP contribution in [0.25, 0.3) is 0 Å². The number of aldehydes is 1. The summed E-state index contributed by atoms with van der Waals surface area (Å²) < 4.78 is 0. The Kier molecular flexibility index (Phi) is 2.93. The van der Waals surface area contributed by atoms with Crippen LogP contribution in [-0.2, 0) is 10.2 Å². The third kappa shape index (κ3) is 2.06. The molecule has 0 saturated carbocycles. The lowest BCUT2D eigenvalue weighted by atomic mass is 9.80. The Bertz CT molecular complexity index is 405. The van der Waals surface area contributed by atoms with Gasteiger partial charge in [0.1, 0.15) is 6.29 Å². The maximum Gasteiger partial charge on any atom is 0.336 e. The van der Waals surface area contributed by atoms with E-state index in [9.17, 15) is 9.59 Å². The van der Waals surface area contributed by atoms with Crippen molar-refractivity contribution in [3.05, 3.63) is 34.9 Å². The number of aryl methyl sites for hydroxylation is 1. The number of hydrogen-bond donors (Lipinski definition) is 1. The van der Waals surface area contributed by atoms with Crippen molar-refractivity contribution >= 4 is 12.3 Å². The minimum atomic E-state index is -0.997. The summed E-state index contributed by atoms with van der Waals surface area (Å²) in [6.07, 6.45) is 0.780. The van der Waals surface area contributed by atoms with Crippen LogP contribution in [-0.4, -0.2) is 17.4 Å². The molecule has 0 heterocycles. The number of carbonyl (C=O) groups excluding carboxylic acids is 1. The van der Waals surface area contributed by atoms with Gasteiger partial charge in [0.15, 0.2) is 0 Å². The van der Waals surface area contributed by atoms with Crippen molar-refractivity contribution in [2.24, 2.45) is 0 Å². The van der Waals surface area contributed by atoms with Gasteiger partial charge in [0.2, 0.25) is 0 Å². The second kappa shape index (κ2) is 3.85. The van der Waals surface area contributed by atoms with Gasteiger partial charge in [-0.15, -0.1) is 0 Å². The van der Waals surface area contributed by atoms with E-state index in [1.807, 2.05) is 13.0 Å². The predicted molar refractivity (Wildman–Crippen MR) is 57.2 cm³/mol. The summed E-state index contributed by atoms with van der Waals surface area (Å²) in [6, 6.07) is 5.02. The first-order valence-electron chi connectivity index (χ1n) is 4.70. The van der Waals surface area contributed by atoms with Crippen LogP contribution in [0, 0.1) is 6.92 Å². The maximum atomic E-state index is 11.0. The Morgan fingerprint density at radius 2 is 2.00 bits per heavy atom. The van der Waals surface area contributed by atoms with Crippen molar-refractivity contribution in [2.75, 3.05) is 0 Å². The van der Waals surface area contributed by atoms with Crippen LogP contribution in [0.3, 0.4) is 0 Å². The van der Waals surface area contributed by atoms with Crippen LogP contribution >= 0.6 is 0 Å². The molecule has 0 fully saturated rings. The van der Waals surface area contributed by atoms with Gasteiger partial charge in [-0.1, -0.05) is 12.1 Å². The average molecular weight is 206 g/mol. The molecule has 0 atom stereocenters. The SMILES string of the molecule is Cc1cccc(C(=O)O)c1C(C)(C)C=O. The Balaban J connectivity index is 3.50. The third-order valence-electron chi connectivity index (χ3n) is 2.44. The van der Waals surface area contributed by atoms with Gasteiger partial charge < -0.3 is 9.90 Å². The molecule has 3 heteroatoms. The quantitative estimate of drug-likeness (QED) is 0.771. The molecule has 1 aromatic carbocycles. The summed E-state index contributed by atoms with van der Waals surface area (Å²) in [5.74, 6) is -0.997. The van der Waals surface area contributed by atoms with Crippen molar-refractivity contribution in [3.8, 4) is 0 Å². The van der Waals surface area contributed by atoms with Crippen LogP contribution in [0.2, 0.25) is 0 Å². The number of hydrogen-bond acceptors (Lipinski definition) is 2. The lowest BCUT2D eigenvalue weighted by Gasteiger charge is -2.22. The smallest absolute Gasteiger partial charge is 0.336 e. The summed E-state index contributed by atoms with van der Waals surface area (Å²) in [5.41, 5.74) is 0.852. The average Bonchev–Trinajstić information content (AvgIpc) is 2.17. The third-order valence-corrected chi connectivity index (χ3v) is 2.44. The van der Waals surface area contributed by atoms with Gasteiger partial charge >= 0.3 is 5.97 Å². The molecule has 0 unspecified atom stereocenters. The van der Waals surface area contributed by atoms with Crippen LogP contribution in [0.15, 0.2) is 18.2 Å². The van der Waals surface area contributed by atoms with Crippen molar-refractivity contribution in [1.29, 1.82) is 0 Å². The highest BCUT2D eigenvalue weighted by atomic mass is 16.4. The van der Waals surface area contributed by atoms with Crippen molar-refractivity contribution in [3.63, 3.8) is 0 Å². The van der Waals surface area contributed by atoms with Crippen LogP contribution in [0.5, 0.6) is 0 Å². The molecule has 3 nitrogen and oxygen atoms in total. The first kappa shape index (κ1) is 11.4. The van der Waals surface area contributed by atoms with E-state index in [1.54, 1.807) is 19.9 Å². The second-order valence-corrected chi connectivity index (χ2v) is 4.14. The minimum Gasteiger partial charge on any atom is -0.478 e. The van der Waals surface area contributed by atoms with Crippen LogP contribution in [0.4, 0.5) is 0 Å². The Hall–Kier alpha value is -1.64. The normalized spacial score (nSPS) is 11.1. The highest BCUT2D eigenvalue weighted by molar-refractivity contribution is 5.92. The number of benzene rings is 1. The highest BCUT2D eigenvalue weighted by Crippen LogP contribution is 2.27. The Morgan fingerprint density at radius 3 is 2.47 bits per heavy atom. The van der Waals surface area contributed by atoms with E-state index in [1.165, 1.54) is 6.07 Å². The molecule has 80 valence electrons. The monoisotopic (exact) mass is 206 g/mol. The first-order chi connectivity index (χ1) is 6.90. The molecular weight excluding hydrogens is 192 g/mol. The van der Waals surface area contributed by atoms with Gasteiger partial charge in [-0.2, -0.15) is 0 Å². The van der Waals surface area contributed by atoms with Gasteiger partial charge in [0, 0.05) is 5.41 Å². The second-order valence-electron chi connectivity index (χ2n) is 4.14. The topological polar surface area (TPSA) is 54.4 Å². The van der Waals surface area contributed by atoms with Crippen LogP contribution in [0.1, 0.15) is 35.3 Å². The molecule has 0 aromatic heterocycles. The summed E-state index contributed by atoms with van der Waals surface area (Å²) in [4.78, 5) is 22.0. The predicted octanol–water partition coefficient (Wildman–Crippen LogP) is 2.17. The lowest BCUT2D eigenvalue weighted by molar-refractivity contribution is -0.111. The molecule has 0 bridgehead atoms. The van der Waals surface area contributed by atoms with Gasteiger partial charge in [0.05, 0.1) is 5.56 Å². The summed E-state index contributed by atoms with van der Waals surface area (Å²) in [5, 5.41) is 9.03. The zero-order chi connectivity index (χ0) is 11.6. The number of carboxylic acid groups (broad SMARTS) is 1. The van der Waals surface area contributed by atoms with Gasteiger partial charge in [-0.25, -0.2) is 4.79 Å². The van der Waals surface area contributed by atoms with Gasteiger partial charge in [-0.05, 0) is 38.0 Å². The van der Waals surface area contributed by atoms with E-state index in [0.717, 1.165) is 11.8 Å². The van der Waals surface area contributed by atoms with E-state index in [-0.39, 0.29) is 5.56 Å². The molecule has 15 heavy (non-hydrogen) atoms. The van der Waals surface area contributed by atoms with Crippen molar-refractivity contribution < 1.29 is 14.7 Å². The molecule has 0 aliphatic rings. The molecule has 1 N–H and O–H groups in total. The Labute approximate surface area is 88.7 Å². The maximum absolute atomic E-state index is 11.0. The van der Waals surface area contributed by atoms with Crippen LogP contribution < -0.4 is 0 Å². The first-order valence-corrected chi connectivity index (χ1v) is 4.70. The zero-order valence-corrected chi connectivity index (χ0v) is 9.07. The van der Waals surface area contributed by atoms with E-state index in [2.05, 4.69) is 0 Å². The molecule has 0 spiro atoms. The molecular formula is C12H14O3. The standard InChI is InChI=1S/C12H14O3/c1-8-5-4-6-9(11(14)15)10(8)12(2,3)7-13/h4-7H,1-3H3,(H,14,15). The van der Waals surface area contributed by atoms with Crippen molar-refractivity contribution in [2.45, 2.75) is 26.2 Å². The van der Waals surface area contributed by atoms with E-state index >= 15 is 0 Å². The number of aromatic carboxylic acids is 1. The van der Waals surface area contributed by atoms with Gasteiger partial charge in [0.25, 0.3) is 0 Å².